The van der Waals surface area contributed by atoms with Gasteiger partial charge in [0.05, 0.1) is 0 Å². The molecule has 0 aromatic rings. The quantitative estimate of drug-likeness (QED) is 0.538. The molecule has 2 rings (SSSR count). The smallest absolute Gasteiger partial charge is 0.322 e. The number of amides is 3. The molecule has 5 heteroatoms. The first-order valence-electron chi connectivity index (χ1n) is 4.52. The second-order valence-corrected chi connectivity index (χ2v) is 4.62. The van der Waals surface area contributed by atoms with E-state index in [9.17, 15) is 9.59 Å². The normalized spacial score (nSPS) is 31.3. The highest BCUT2D eigenvalue weighted by atomic mass is 32.2. The maximum atomic E-state index is 11.9. The van der Waals surface area contributed by atoms with Crippen molar-refractivity contribution in [1.82, 2.24) is 10.2 Å². The van der Waals surface area contributed by atoms with Gasteiger partial charge in [0.25, 0.3) is 5.91 Å². The Labute approximate surface area is 86.7 Å². The lowest BCUT2D eigenvalue weighted by molar-refractivity contribution is -0.130. The number of urea groups is 1. The van der Waals surface area contributed by atoms with Gasteiger partial charge in [-0.2, -0.15) is 11.8 Å². The van der Waals surface area contributed by atoms with Crippen molar-refractivity contribution in [2.24, 2.45) is 0 Å². The van der Waals surface area contributed by atoms with E-state index < -0.39 is 5.54 Å². The highest BCUT2D eigenvalue weighted by Crippen LogP contribution is 2.33. The Bertz CT molecular complexity index is 297. The van der Waals surface area contributed by atoms with E-state index in [0.717, 1.165) is 12.2 Å². The fourth-order valence-electron chi connectivity index (χ4n) is 1.80. The number of hydrogen-bond donors (Lipinski definition) is 1. The van der Waals surface area contributed by atoms with Crippen molar-refractivity contribution in [3.63, 3.8) is 0 Å². The molecule has 1 spiro atoms. The molecule has 2 fully saturated rings. The van der Waals surface area contributed by atoms with Crippen LogP contribution in [-0.4, -0.2) is 40.4 Å². The summed E-state index contributed by atoms with van der Waals surface area (Å²) in [4.78, 5) is 24.6. The molecular weight excluding hydrogens is 200 g/mol. The second-order valence-electron chi connectivity index (χ2n) is 3.52. The fraction of sp³-hybridized carbons (Fsp3) is 0.556. The van der Waals surface area contributed by atoms with Crippen molar-refractivity contribution in [2.75, 3.05) is 18.1 Å². The molecule has 0 radical (unpaired) electrons. The molecule has 2 heterocycles. The summed E-state index contributed by atoms with van der Waals surface area (Å²) in [5.74, 6) is 1.55. The Morgan fingerprint density at radius 1 is 1.64 bits per heavy atom. The molecule has 3 amide bonds. The average Bonchev–Trinajstić information content (AvgIpc) is 2.69. The molecule has 0 aromatic heterocycles. The van der Waals surface area contributed by atoms with Gasteiger partial charge in [-0.25, -0.2) is 4.79 Å². The number of nitrogens with zero attached hydrogens (tertiary/aromatic N) is 1. The van der Waals surface area contributed by atoms with Crippen molar-refractivity contribution < 1.29 is 9.59 Å². The molecule has 1 atom stereocenters. The van der Waals surface area contributed by atoms with Crippen LogP contribution in [0.5, 0.6) is 0 Å². The molecule has 2 saturated heterocycles. The third-order valence-electron chi connectivity index (χ3n) is 2.58. The highest BCUT2D eigenvalue weighted by Gasteiger charge is 2.52. The summed E-state index contributed by atoms with van der Waals surface area (Å²) >= 11 is 1.71. The van der Waals surface area contributed by atoms with Gasteiger partial charge in [0.15, 0.2) is 0 Å². The van der Waals surface area contributed by atoms with Crippen LogP contribution < -0.4 is 5.32 Å². The zero-order valence-corrected chi connectivity index (χ0v) is 8.60. The van der Waals surface area contributed by atoms with Gasteiger partial charge >= 0.3 is 6.03 Å². The van der Waals surface area contributed by atoms with E-state index in [1.165, 1.54) is 4.90 Å². The minimum atomic E-state index is -0.606. The van der Waals surface area contributed by atoms with Crippen LogP contribution in [0.25, 0.3) is 0 Å². The summed E-state index contributed by atoms with van der Waals surface area (Å²) in [7, 11) is 0. The monoisotopic (exact) mass is 212 g/mol. The van der Waals surface area contributed by atoms with Crippen LogP contribution in [0.15, 0.2) is 12.7 Å². The average molecular weight is 212 g/mol. The Morgan fingerprint density at radius 2 is 2.43 bits per heavy atom. The largest absolute Gasteiger partial charge is 0.325 e. The maximum absolute atomic E-state index is 11.9. The van der Waals surface area contributed by atoms with Crippen molar-refractivity contribution in [3.05, 3.63) is 12.7 Å². The molecule has 76 valence electrons. The molecule has 1 unspecified atom stereocenters. The van der Waals surface area contributed by atoms with Crippen LogP contribution in [0.3, 0.4) is 0 Å². The van der Waals surface area contributed by atoms with Gasteiger partial charge in [0.1, 0.15) is 5.54 Å². The molecule has 4 nitrogen and oxygen atoms in total. The van der Waals surface area contributed by atoms with Crippen molar-refractivity contribution in [2.45, 2.75) is 12.0 Å². The van der Waals surface area contributed by atoms with Crippen molar-refractivity contribution in [1.29, 1.82) is 0 Å². The number of rotatable bonds is 2. The van der Waals surface area contributed by atoms with E-state index in [1.54, 1.807) is 17.8 Å². The third kappa shape index (κ3) is 1.23. The van der Waals surface area contributed by atoms with Gasteiger partial charge < -0.3 is 5.32 Å². The summed E-state index contributed by atoms with van der Waals surface area (Å²) in [6.07, 6.45) is 2.31. The van der Waals surface area contributed by atoms with Gasteiger partial charge in [-0.15, -0.1) is 6.58 Å². The molecule has 2 aliphatic rings. The number of nitrogens with one attached hydrogen (secondary N) is 1. The number of thioether (sulfide) groups is 1. The summed E-state index contributed by atoms with van der Waals surface area (Å²) in [6.45, 7) is 3.83. The first-order valence-corrected chi connectivity index (χ1v) is 5.68. The van der Waals surface area contributed by atoms with Crippen LogP contribution in [-0.2, 0) is 4.79 Å². The predicted octanol–water partition coefficient (Wildman–Crippen LogP) is 0.600. The minimum Gasteiger partial charge on any atom is -0.322 e. The fourth-order valence-corrected chi connectivity index (χ4v) is 3.13. The first-order chi connectivity index (χ1) is 6.69. The van der Waals surface area contributed by atoms with E-state index in [1.807, 2.05) is 0 Å². The summed E-state index contributed by atoms with van der Waals surface area (Å²) in [5, 5.41) is 2.78. The van der Waals surface area contributed by atoms with Crippen molar-refractivity contribution in [3.8, 4) is 0 Å². The number of carbonyl (C=O) groups is 2. The Kier molecular flexibility index (Phi) is 2.26. The number of hydrogen-bond acceptors (Lipinski definition) is 3. The molecule has 14 heavy (non-hydrogen) atoms. The van der Waals surface area contributed by atoms with Gasteiger partial charge in [0.2, 0.25) is 0 Å². The lowest BCUT2D eigenvalue weighted by Crippen LogP contribution is -2.47. The first kappa shape index (κ1) is 9.58. The standard InChI is InChI=1S/C9H12N2O2S/c1-2-4-11-7(12)9(10-8(11)13)3-5-14-6-9/h2H,1,3-6H2,(H,10,13). The Hall–Kier alpha value is -0.970. The van der Waals surface area contributed by atoms with Crippen LogP contribution in [0, 0.1) is 0 Å². The zero-order valence-electron chi connectivity index (χ0n) is 7.78. The molecule has 0 saturated carbocycles. The predicted molar refractivity (Wildman–Crippen MR) is 55.1 cm³/mol. The van der Waals surface area contributed by atoms with Gasteiger partial charge in [-0.3, -0.25) is 9.69 Å². The van der Waals surface area contributed by atoms with Crippen LogP contribution in [0.4, 0.5) is 4.79 Å². The van der Waals surface area contributed by atoms with E-state index >= 15 is 0 Å². The lowest BCUT2D eigenvalue weighted by atomic mass is 9.99. The topological polar surface area (TPSA) is 49.4 Å². The molecule has 0 aliphatic carbocycles. The minimum absolute atomic E-state index is 0.0904. The number of imide groups is 1. The Morgan fingerprint density at radius 3 is 3.00 bits per heavy atom. The molecule has 0 bridgehead atoms. The van der Waals surface area contributed by atoms with E-state index in [0.29, 0.717) is 12.3 Å². The van der Waals surface area contributed by atoms with Gasteiger partial charge in [-0.05, 0) is 12.2 Å². The zero-order chi connectivity index (χ0) is 10.2. The van der Waals surface area contributed by atoms with Crippen LogP contribution >= 0.6 is 11.8 Å². The summed E-state index contributed by atoms with van der Waals surface area (Å²) in [5.41, 5.74) is -0.606. The molecular formula is C9H12N2O2S. The maximum Gasteiger partial charge on any atom is 0.325 e. The van der Waals surface area contributed by atoms with Gasteiger partial charge in [0, 0.05) is 12.3 Å². The molecule has 0 aromatic carbocycles. The SMILES string of the molecule is C=CCN1C(=O)NC2(CCSC2)C1=O. The third-order valence-corrected chi connectivity index (χ3v) is 3.77. The van der Waals surface area contributed by atoms with Crippen LogP contribution in [0.1, 0.15) is 6.42 Å². The van der Waals surface area contributed by atoms with E-state index in [4.69, 9.17) is 0 Å². The molecule has 2 aliphatic heterocycles. The Balaban J connectivity index is 2.21. The highest BCUT2D eigenvalue weighted by molar-refractivity contribution is 7.99. The number of carbonyl (C=O) groups excluding carboxylic acids is 2. The van der Waals surface area contributed by atoms with E-state index in [-0.39, 0.29) is 11.9 Å². The van der Waals surface area contributed by atoms with E-state index in [2.05, 4.69) is 11.9 Å². The molecule has 1 N–H and O–H groups in total. The van der Waals surface area contributed by atoms with Gasteiger partial charge in [-0.1, -0.05) is 6.08 Å². The summed E-state index contributed by atoms with van der Waals surface area (Å²) < 4.78 is 0. The summed E-state index contributed by atoms with van der Waals surface area (Å²) in [6, 6.07) is -0.280. The lowest BCUT2D eigenvalue weighted by Gasteiger charge is -2.18. The van der Waals surface area contributed by atoms with Crippen LogP contribution in [0.2, 0.25) is 0 Å². The van der Waals surface area contributed by atoms with Crippen molar-refractivity contribution >= 4 is 23.7 Å². The second kappa shape index (κ2) is 3.31.